The van der Waals surface area contributed by atoms with E-state index in [1.165, 1.54) is 4.90 Å². The van der Waals surface area contributed by atoms with E-state index in [-0.39, 0.29) is 19.1 Å². The third-order valence-corrected chi connectivity index (χ3v) is 11.4. The first kappa shape index (κ1) is 36.5. The molecule has 0 saturated carbocycles. The maximum atomic E-state index is 13.9. The third kappa shape index (κ3) is 6.74. The van der Waals surface area contributed by atoms with Crippen LogP contribution in [0.1, 0.15) is 60.3 Å². The van der Waals surface area contributed by atoms with E-state index in [1.54, 1.807) is 55.6 Å². The number of ether oxygens (including phenoxy) is 1. The molecular formula is C37H42N3O9S2+. The number of fused-ring (bicyclic) bond motifs is 4. The molecule has 3 aliphatic heterocycles. The fraction of sp³-hybridized carbons (Fsp3) is 0.351. The van der Waals surface area contributed by atoms with E-state index >= 15 is 0 Å². The minimum Gasteiger partial charge on any atom is -0.456 e. The van der Waals surface area contributed by atoms with Crippen LogP contribution in [-0.4, -0.2) is 98.7 Å². The van der Waals surface area contributed by atoms with Gasteiger partial charge in [-0.15, -0.1) is 0 Å². The number of anilines is 1. The Balaban J connectivity index is 1.76. The Kier molecular flexibility index (Phi) is 8.87. The van der Waals surface area contributed by atoms with Gasteiger partial charge in [-0.05, 0) is 54.8 Å². The molecule has 0 radical (unpaired) electrons. The van der Waals surface area contributed by atoms with Gasteiger partial charge in [0.2, 0.25) is 5.36 Å². The van der Waals surface area contributed by atoms with Gasteiger partial charge in [0.1, 0.15) is 30.1 Å². The third-order valence-electron chi connectivity index (χ3n) is 10.0. The summed E-state index contributed by atoms with van der Waals surface area (Å²) in [6.45, 7) is 7.58. The summed E-state index contributed by atoms with van der Waals surface area (Å²) in [5, 5.41) is 10.8. The molecule has 0 atom stereocenters. The number of aliphatic hydroxyl groups excluding tert-OH is 1. The second kappa shape index (κ2) is 12.4. The van der Waals surface area contributed by atoms with Crippen molar-refractivity contribution in [2.45, 2.75) is 38.8 Å². The van der Waals surface area contributed by atoms with Crippen molar-refractivity contribution < 1.29 is 40.6 Å². The predicted octanol–water partition coefficient (Wildman–Crippen LogP) is 2.79. The molecule has 3 aromatic carbocycles. The maximum Gasteiger partial charge on any atom is 0.269 e. The van der Waals surface area contributed by atoms with Gasteiger partial charge in [-0.25, -0.2) is 4.58 Å². The fourth-order valence-electron chi connectivity index (χ4n) is 7.12. The number of nitrogens with zero attached hydrogens (tertiary/aromatic N) is 3. The SMILES string of the molecule is CN(CCO)C(=O)c1ccccc1C1=c2cc3c(cc2Oc2cc4c(cc21)C(CS(=O)(=O)O)=CC(C)(C)N4C)=[N+](C)C(C)(C)C=C3CS(=O)(=O)O. The maximum absolute atomic E-state index is 13.9. The van der Waals surface area contributed by atoms with Gasteiger partial charge in [0.15, 0.2) is 5.54 Å². The van der Waals surface area contributed by atoms with Gasteiger partial charge in [-0.1, -0.05) is 24.3 Å². The van der Waals surface area contributed by atoms with Gasteiger partial charge in [-0.2, -0.15) is 16.8 Å². The zero-order chi connectivity index (χ0) is 37.4. The summed E-state index contributed by atoms with van der Waals surface area (Å²) in [5.74, 6) is -0.722. The van der Waals surface area contributed by atoms with Crippen LogP contribution in [0.3, 0.4) is 0 Å². The topological polar surface area (TPSA) is 165 Å². The first-order chi connectivity index (χ1) is 23.6. The van der Waals surface area contributed by atoms with E-state index in [2.05, 4.69) is 0 Å². The number of hydrogen-bond donors (Lipinski definition) is 3. The molecule has 6 rings (SSSR count). The molecule has 3 aromatic rings. The van der Waals surface area contributed by atoms with Crippen molar-refractivity contribution in [1.82, 2.24) is 9.48 Å². The second-order valence-corrected chi connectivity index (χ2v) is 17.3. The molecule has 1 amide bonds. The zero-order valence-electron chi connectivity index (χ0n) is 29.6. The highest BCUT2D eigenvalue weighted by Gasteiger charge is 2.37. The molecule has 270 valence electrons. The highest BCUT2D eigenvalue weighted by molar-refractivity contribution is 7.86. The van der Waals surface area contributed by atoms with Crippen molar-refractivity contribution in [3.63, 3.8) is 0 Å². The van der Waals surface area contributed by atoms with Crippen molar-refractivity contribution in [3.05, 3.63) is 99.1 Å². The number of carbonyl (C=O) groups is 1. The van der Waals surface area contributed by atoms with Crippen LogP contribution in [0.25, 0.3) is 16.7 Å². The van der Waals surface area contributed by atoms with Crippen molar-refractivity contribution in [2.24, 2.45) is 0 Å². The number of amides is 1. The van der Waals surface area contributed by atoms with Gasteiger partial charge >= 0.3 is 0 Å². The van der Waals surface area contributed by atoms with Crippen LogP contribution in [0.2, 0.25) is 0 Å². The van der Waals surface area contributed by atoms with Crippen LogP contribution in [-0.2, 0) is 20.2 Å². The van der Waals surface area contributed by atoms with Crippen LogP contribution in [0, 0.1) is 0 Å². The average molecular weight is 737 g/mol. The van der Waals surface area contributed by atoms with E-state index < -0.39 is 42.8 Å². The van der Waals surface area contributed by atoms with E-state index in [0.717, 1.165) is 0 Å². The number of hydrogen-bond acceptors (Lipinski definition) is 8. The van der Waals surface area contributed by atoms with Gasteiger partial charge in [0.25, 0.3) is 26.1 Å². The Morgan fingerprint density at radius 3 is 2.12 bits per heavy atom. The molecular weight excluding hydrogens is 695 g/mol. The van der Waals surface area contributed by atoms with Crippen LogP contribution in [0.5, 0.6) is 11.5 Å². The van der Waals surface area contributed by atoms with Crippen molar-refractivity contribution in [2.75, 3.05) is 50.7 Å². The summed E-state index contributed by atoms with van der Waals surface area (Å²) in [6.07, 6.45) is 3.60. The largest absolute Gasteiger partial charge is 0.456 e. The molecule has 3 N–H and O–H groups in total. The second-order valence-electron chi connectivity index (χ2n) is 14.4. The summed E-state index contributed by atoms with van der Waals surface area (Å²) in [4.78, 5) is 17.3. The smallest absolute Gasteiger partial charge is 0.269 e. The van der Waals surface area contributed by atoms with Crippen LogP contribution >= 0.6 is 0 Å². The Bertz CT molecular complexity index is 2430. The molecule has 0 spiro atoms. The van der Waals surface area contributed by atoms with E-state index in [0.29, 0.717) is 72.3 Å². The number of rotatable bonds is 8. The summed E-state index contributed by atoms with van der Waals surface area (Å²) in [6, 6.07) is 14.3. The van der Waals surface area contributed by atoms with E-state index in [9.17, 15) is 35.8 Å². The molecule has 0 unspecified atom stereocenters. The number of benzene rings is 3. The monoisotopic (exact) mass is 736 g/mol. The Morgan fingerprint density at radius 2 is 1.49 bits per heavy atom. The van der Waals surface area contributed by atoms with Crippen LogP contribution < -0.4 is 24.8 Å². The van der Waals surface area contributed by atoms with Crippen LogP contribution in [0.4, 0.5) is 5.69 Å². The van der Waals surface area contributed by atoms with Gasteiger partial charge in [0, 0.05) is 73.7 Å². The molecule has 3 aliphatic rings. The average Bonchev–Trinajstić information content (AvgIpc) is 3.02. The predicted molar refractivity (Wildman–Crippen MR) is 197 cm³/mol. The Labute approximate surface area is 297 Å². The number of carbonyl (C=O) groups excluding carboxylic acids is 1. The molecule has 0 saturated heterocycles. The Morgan fingerprint density at radius 1 is 0.863 bits per heavy atom. The molecule has 0 aromatic heterocycles. The molecule has 0 bridgehead atoms. The zero-order valence-corrected chi connectivity index (χ0v) is 31.2. The van der Waals surface area contributed by atoms with Crippen LogP contribution in [0.15, 0.2) is 60.7 Å². The van der Waals surface area contributed by atoms with E-state index in [1.807, 2.05) is 63.4 Å². The first-order valence-electron chi connectivity index (χ1n) is 16.3. The van der Waals surface area contributed by atoms with Crippen molar-refractivity contribution >= 4 is 48.6 Å². The molecule has 0 fully saturated rings. The van der Waals surface area contributed by atoms with E-state index in [4.69, 9.17) is 4.74 Å². The molecule has 51 heavy (non-hydrogen) atoms. The molecule has 0 aliphatic carbocycles. The summed E-state index contributed by atoms with van der Waals surface area (Å²) in [7, 11) is -3.49. The van der Waals surface area contributed by atoms with Crippen molar-refractivity contribution in [1.29, 1.82) is 0 Å². The fourth-order valence-corrected chi connectivity index (χ4v) is 8.38. The molecule has 3 heterocycles. The molecule has 14 heteroatoms. The van der Waals surface area contributed by atoms with Gasteiger partial charge in [-0.3, -0.25) is 13.9 Å². The highest BCUT2D eigenvalue weighted by atomic mass is 32.2. The summed E-state index contributed by atoms with van der Waals surface area (Å²) >= 11 is 0. The summed E-state index contributed by atoms with van der Waals surface area (Å²) in [5.41, 5.74) is 3.25. The number of likely N-dealkylation sites (N-methyl/N-ethyl adjacent to an activating group) is 3. The lowest BCUT2D eigenvalue weighted by atomic mass is 9.83. The normalized spacial score (nSPS) is 17.3. The lowest BCUT2D eigenvalue weighted by Gasteiger charge is -2.41. The quantitative estimate of drug-likeness (QED) is 0.181. The first-order valence-corrected chi connectivity index (χ1v) is 19.5. The minimum absolute atomic E-state index is 0.0949. The highest BCUT2D eigenvalue weighted by Crippen LogP contribution is 2.46. The standard InChI is InChI=1S/C37H41N3O9S2/c1-36(2)18-22(20-50(43,44)45)26-14-28-32(16-30(26)39(36)6)49-33-17-31-27(23(21-51(46,47)48)19-37(3,4)40(31)7)15-29(33)34(28)24-10-8-9-11-25(24)35(42)38(5)12-13-41/h8-11,14-19,41H,12-13,20-21H2,1-7H3,(H-,43,44,45,46,47,48)/p+1. The number of aliphatic hydroxyl groups is 1. The van der Waals surface area contributed by atoms with Gasteiger partial charge in [0.05, 0.1) is 23.8 Å². The lowest BCUT2D eigenvalue weighted by molar-refractivity contribution is 0.0766. The minimum atomic E-state index is -4.42. The lowest BCUT2D eigenvalue weighted by Crippen LogP contribution is -2.47. The van der Waals surface area contributed by atoms with Gasteiger partial charge < -0.3 is 19.6 Å². The summed E-state index contributed by atoms with van der Waals surface area (Å²) < 4.78 is 77.6. The van der Waals surface area contributed by atoms with Crippen molar-refractivity contribution in [3.8, 4) is 11.5 Å². The molecule has 12 nitrogen and oxygen atoms in total. The Hall–Kier alpha value is -4.34.